The van der Waals surface area contributed by atoms with Crippen LogP contribution in [0.25, 0.3) is 31.6 Å². The van der Waals surface area contributed by atoms with Gasteiger partial charge in [-0.3, -0.25) is 5.10 Å². The number of thiophene rings is 1. The van der Waals surface area contributed by atoms with E-state index in [9.17, 15) is 0 Å². The molecule has 2 bridgehead atoms. The zero-order valence-electron chi connectivity index (χ0n) is 16.4. The van der Waals surface area contributed by atoms with Crippen LogP contribution in [-0.2, 0) is 6.54 Å². The van der Waals surface area contributed by atoms with Gasteiger partial charge < -0.3 is 10.6 Å². The van der Waals surface area contributed by atoms with Gasteiger partial charge in [0.2, 0.25) is 0 Å². The van der Waals surface area contributed by atoms with Crippen molar-refractivity contribution in [2.24, 2.45) is 5.92 Å². The Balaban J connectivity index is 1.14. The molecule has 2 aromatic heterocycles. The molecular formula is C24H26N4S. The number of nitrogens with zero attached hydrogens (tertiary/aromatic N) is 1. The summed E-state index contributed by atoms with van der Waals surface area (Å²) in [5, 5.41) is 16.6. The molecule has 3 N–H and O–H groups in total. The summed E-state index contributed by atoms with van der Waals surface area (Å²) >= 11 is 1.82. The average molecular weight is 403 g/mol. The molecule has 0 spiro atoms. The quantitative estimate of drug-likeness (QED) is 0.437. The molecule has 2 unspecified atom stereocenters. The van der Waals surface area contributed by atoms with Crippen LogP contribution in [-0.4, -0.2) is 28.8 Å². The third kappa shape index (κ3) is 3.27. The van der Waals surface area contributed by atoms with E-state index < -0.39 is 0 Å². The molecule has 0 amide bonds. The lowest BCUT2D eigenvalue weighted by Crippen LogP contribution is -2.41. The fraction of sp³-hybridized carbons (Fsp3) is 0.375. The molecule has 2 saturated heterocycles. The Bertz CT molecular complexity index is 1130. The van der Waals surface area contributed by atoms with Gasteiger partial charge in [0.15, 0.2) is 0 Å². The predicted molar refractivity (Wildman–Crippen MR) is 121 cm³/mol. The zero-order valence-corrected chi connectivity index (χ0v) is 17.3. The first-order valence-electron chi connectivity index (χ1n) is 10.7. The fourth-order valence-electron chi connectivity index (χ4n) is 5.22. The average Bonchev–Trinajstić information content (AvgIpc) is 3.42. The second-order valence-electron chi connectivity index (χ2n) is 8.68. The lowest BCUT2D eigenvalue weighted by atomic mass is 9.92. The zero-order chi connectivity index (χ0) is 19.2. The second-order valence-corrected chi connectivity index (χ2v) is 9.73. The van der Waals surface area contributed by atoms with E-state index in [2.05, 4.69) is 69.4 Å². The summed E-state index contributed by atoms with van der Waals surface area (Å²) in [6.07, 6.45) is 5.44. The van der Waals surface area contributed by atoms with Crippen LogP contribution < -0.4 is 10.6 Å². The molecule has 148 valence electrons. The number of piperidine rings is 1. The summed E-state index contributed by atoms with van der Waals surface area (Å²) < 4.78 is 2.56. The molecule has 6 rings (SSSR count). The minimum absolute atomic E-state index is 0.777. The maximum atomic E-state index is 4.61. The SMILES string of the molecule is c1ccc2c(c1)sc1c(-c3ccc(CNCC4CC5CCC(C4)N5)cc3)n[nH]c12. The molecule has 29 heavy (non-hydrogen) atoms. The Labute approximate surface area is 174 Å². The van der Waals surface area contributed by atoms with Crippen molar-refractivity contribution in [3.63, 3.8) is 0 Å². The van der Waals surface area contributed by atoms with Gasteiger partial charge in [-0.05, 0) is 49.8 Å². The van der Waals surface area contributed by atoms with Crippen molar-refractivity contribution in [1.82, 2.24) is 20.8 Å². The van der Waals surface area contributed by atoms with Crippen molar-refractivity contribution in [1.29, 1.82) is 0 Å². The Kier molecular flexibility index (Phi) is 4.40. The molecule has 4 heterocycles. The number of hydrogen-bond acceptors (Lipinski definition) is 4. The molecular weight excluding hydrogens is 376 g/mol. The molecule has 0 radical (unpaired) electrons. The van der Waals surface area contributed by atoms with Crippen LogP contribution in [0, 0.1) is 5.92 Å². The van der Waals surface area contributed by atoms with E-state index in [1.54, 1.807) is 0 Å². The highest BCUT2D eigenvalue weighted by Crippen LogP contribution is 2.38. The van der Waals surface area contributed by atoms with Crippen LogP contribution in [0.5, 0.6) is 0 Å². The summed E-state index contributed by atoms with van der Waals surface area (Å²) in [7, 11) is 0. The van der Waals surface area contributed by atoms with Crippen molar-refractivity contribution < 1.29 is 0 Å². The molecule has 2 aromatic carbocycles. The van der Waals surface area contributed by atoms with Crippen LogP contribution in [0.2, 0.25) is 0 Å². The van der Waals surface area contributed by atoms with Gasteiger partial charge in [-0.1, -0.05) is 42.5 Å². The Morgan fingerprint density at radius 3 is 2.62 bits per heavy atom. The van der Waals surface area contributed by atoms with E-state index in [1.165, 1.54) is 51.6 Å². The van der Waals surface area contributed by atoms with Crippen molar-refractivity contribution in [3.05, 3.63) is 54.1 Å². The van der Waals surface area contributed by atoms with Gasteiger partial charge in [0.25, 0.3) is 0 Å². The van der Waals surface area contributed by atoms with E-state index in [-0.39, 0.29) is 0 Å². The highest BCUT2D eigenvalue weighted by atomic mass is 32.1. The van der Waals surface area contributed by atoms with Gasteiger partial charge in [0.1, 0.15) is 5.69 Å². The van der Waals surface area contributed by atoms with Gasteiger partial charge >= 0.3 is 0 Å². The molecule has 5 heteroatoms. The van der Waals surface area contributed by atoms with Crippen molar-refractivity contribution in [2.75, 3.05) is 6.54 Å². The van der Waals surface area contributed by atoms with E-state index in [1.807, 2.05) is 11.3 Å². The minimum atomic E-state index is 0.777. The summed E-state index contributed by atoms with van der Waals surface area (Å²) in [6.45, 7) is 2.08. The molecule has 2 fully saturated rings. The largest absolute Gasteiger partial charge is 0.312 e. The van der Waals surface area contributed by atoms with Crippen LogP contribution in [0.1, 0.15) is 31.2 Å². The maximum Gasteiger partial charge on any atom is 0.110 e. The van der Waals surface area contributed by atoms with Gasteiger partial charge in [-0.2, -0.15) is 5.10 Å². The van der Waals surface area contributed by atoms with Crippen LogP contribution >= 0.6 is 11.3 Å². The topological polar surface area (TPSA) is 52.7 Å². The summed E-state index contributed by atoms with van der Waals surface area (Å²) in [4.78, 5) is 0. The lowest BCUT2D eigenvalue weighted by Gasteiger charge is -2.29. The summed E-state index contributed by atoms with van der Waals surface area (Å²) in [5.74, 6) is 0.832. The number of rotatable bonds is 5. The minimum Gasteiger partial charge on any atom is -0.312 e. The van der Waals surface area contributed by atoms with Gasteiger partial charge in [-0.15, -0.1) is 11.3 Å². The number of hydrogen-bond donors (Lipinski definition) is 3. The van der Waals surface area contributed by atoms with Crippen molar-refractivity contribution in [2.45, 2.75) is 44.3 Å². The third-order valence-electron chi connectivity index (χ3n) is 6.65. The smallest absolute Gasteiger partial charge is 0.110 e. The normalized spacial score (nSPS) is 23.9. The van der Waals surface area contributed by atoms with E-state index in [0.29, 0.717) is 0 Å². The predicted octanol–water partition coefficient (Wildman–Crippen LogP) is 5.06. The lowest BCUT2D eigenvalue weighted by molar-refractivity contribution is 0.290. The summed E-state index contributed by atoms with van der Waals surface area (Å²) in [6, 6.07) is 19.0. The molecule has 0 saturated carbocycles. The Hall–Kier alpha value is -2.21. The monoisotopic (exact) mass is 402 g/mol. The van der Waals surface area contributed by atoms with Gasteiger partial charge in [0, 0.05) is 34.3 Å². The number of nitrogens with one attached hydrogen (secondary N) is 3. The first-order chi connectivity index (χ1) is 14.3. The molecule has 0 aliphatic carbocycles. The first kappa shape index (κ1) is 17.6. The number of aromatic amines is 1. The first-order valence-corrected chi connectivity index (χ1v) is 11.6. The number of aromatic nitrogens is 2. The molecule has 2 aliphatic heterocycles. The Morgan fingerprint density at radius 2 is 1.79 bits per heavy atom. The third-order valence-corrected chi connectivity index (χ3v) is 7.83. The van der Waals surface area contributed by atoms with E-state index in [0.717, 1.165) is 42.3 Å². The van der Waals surface area contributed by atoms with Crippen molar-refractivity contribution in [3.8, 4) is 11.3 Å². The maximum absolute atomic E-state index is 4.61. The molecule has 4 aromatic rings. The van der Waals surface area contributed by atoms with Crippen LogP contribution in [0.3, 0.4) is 0 Å². The van der Waals surface area contributed by atoms with Gasteiger partial charge in [-0.25, -0.2) is 0 Å². The molecule has 2 aliphatic rings. The number of benzene rings is 2. The fourth-order valence-corrected chi connectivity index (χ4v) is 6.39. The van der Waals surface area contributed by atoms with Crippen LogP contribution in [0.4, 0.5) is 0 Å². The molecule has 2 atom stereocenters. The highest BCUT2D eigenvalue weighted by Gasteiger charge is 2.32. The summed E-state index contributed by atoms with van der Waals surface area (Å²) in [5.41, 5.74) is 4.74. The number of H-pyrrole nitrogens is 1. The second kappa shape index (κ2) is 7.24. The van der Waals surface area contributed by atoms with Gasteiger partial charge in [0.05, 0.1) is 10.2 Å². The highest BCUT2D eigenvalue weighted by molar-refractivity contribution is 7.26. The standard InChI is InChI=1S/C24H26N4S/c1-2-4-21-20(3-1)23-24(29-21)22(27-28-23)17-7-5-15(6-8-17)13-25-14-16-11-18-9-10-19(12-16)26-18/h1-8,16,18-19,25-26H,9-14H2,(H,27,28). The Morgan fingerprint density at radius 1 is 1.00 bits per heavy atom. The molecule has 4 nitrogen and oxygen atoms in total. The van der Waals surface area contributed by atoms with Crippen LogP contribution in [0.15, 0.2) is 48.5 Å². The van der Waals surface area contributed by atoms with E-state index >= 15 is 0 Å². The number of fused-ring (bicyclic) bond motifs is 5. The van der Waals surface area contributed by atoms with Crippen molar-refractivity contribution >= 4 is 31.6 Å². The van der Waals surface area contributed by atoms with E-state index in [4.69, 9.17) is 0 Å².